The van der Waals surface area contributed by atoms with Crippen LogP contribution in [0.2, 0.25) is 0 Å². The Morgan fingerprint density at radius 1 is 0.686 bits per heavy atom. The number of benzene rings is 2. The van der Waals surface area contributed by atoms with Crippen molar-refractivity contribution in [3.05, 3.63) is 59.8 Å². The van der Waals surface area contributed by atoms with Crippen LogP contribution in [0.5, 0.6) is 0 Å². The standard InChI is InChI=1S/C33H45NS/c1-4-35(5-2,6-3)31-17-18-32-27(24-31)19-20-34-33(32)30-22-28(25-13-9-7-10-14-25)21-29(23-30)26-15-11-8-12-16-26/h17-26H,4-16H2,1-3H3. The Balaban J connectivity index is 1.60. The van der Waals surface area contributed by atoms with Gasteiger partial charge in [0.25, 0.3) is 0 Å². The zero-order valence-electron chi connectivity index (χ0n) is 22.3. The van der Waals surface area contributed by atoms with E-state index in [2.05, 4.69) is 69.4 Å². The van der Waals surface area contributed by atoms with E-state index in [1.54, 1.807) is 16.0 Å². The highest BCUT2D eigenvalue weighted by molar-refractivity contribution is 8.33. The van der Waals surface area contributed by atoms with Crippen LogP contribution < -0.4 is 0 Å². The maximum absolute atomic E-state index is 5.01. The second kappa shape index (κ2) is 11.1. The predicted molar refractivity (Wildman–Crippen MR) is 156 cm³/mol. The number of hydrogen-bond donors (Lipinski definition) is 0. The molecule has 0 radical (unpaired) electrons. The molecular formula is C33H45NS. The van der Waals surface area contributed by atoms with Crippen molar-refractivity contribution < 1.29 is 0 Å². The van der Waals surface area contributed by atoms with Crippen molar-refractivity contribution >= 4 is 20.8 Å². The van der Waals surface area contributed by atoms with Crippen LogP contribution in [0.25, 0.3) is 22.0 Å². The maximum atomic E-state index is 5.01. The summed E-state index contributed by atoms with van der Waals surface area (Å²) in [6.45, 7) is 7.15. The maximum Gasteiger partial charge on any atom is 0.0780 e. The molecule has 0 atom stereocenters. The zero-order valence-corrected chi connectivity index (χ0v) is 23.1. The summed E-state index contributed by atoms with van der Waals surface area (Å²) in [5.41, 5.74) is 5.72. The lowest BCUT2D eigenvalue weighted by Crippen LogP contribution is -2.09. The molecule has 188 valence electrons. The molecule has 2 saturated carbocycles. The molecule has 35 heavy (non-hydrogen) atoms. The van der Waals surface area contributed by atoms with Crippen LogP contribution in [0.15, 0.2) is 53.6 Å². The normalized spacial score (nSPS) is 18.7. The lowest BCUT2D eigenvalue weighted by atomic mass is 9.79. The highest BCUT2D eigenvalue weighted by atomic mass is 32.3. The number of fused-ring (bicyclic) bond motifs is 1. The second-order valence-electron chi connectivity index (χ2n) is 11.0. The highest BCUT2D eigenvalue weighted by Gasteiger charge is 2.23. The van der Waals surface area contributed by atoms with Gasteiger partial charge in [0.2, 0.25) is 0 Å². The average molecular weight is 488 g/mol. The molecule has 0 bridgehead atoms. The molecule has 3 aromatic rings. The quantitative estimate of drug-likeness (QED) is 0.323. The third-order valence-corrected chi connectivity index (χ3v) is 13.9. The largest absolute Gasteiger partial charge is 0.256 e. The number of hydrogen-bond acceptors (Lipinski definition) is 1. The molecular weight excluding hydrogens is 442 g/mol. The summed E-state index contributed by atoms with van der Waals surface area (Å²) in [5, 5.41) is 2.69. The van der Waals surface area contributed by atoms with Crippen LogP contribution in [-0.2, 0) is 0 Å². The van der Waals surface area contributed by atoms with E-state index < -0.39 is 10.0 Å². The van der Waals surface area contributed by atoms with Gasteiger partial charge in [-0.25, -0.2) is 10.0 Å². The SMILES string of the molecule is CCS(CC)(CC)c1ccc2c(-c3cc(C4CCCCC4)cc(C4CCCCC4)c3)nccc2c1. The molecule has 1 nitrogen and oxygen atoms in total. The van der Waals surface area contributed by atoms with Crippen LogP contribution in [0.3, 0.4) is 0 Å². The minimum atomic E-state index is -0.721. The Hall–Kier alpha value is -1.80. The van der Waals surface area contributed by atoms with Crippen LogP contribution in [0.1, 0.15) is 108 Å². The third-order valence-electron chi connectivity index (χ3n) is 9.30. The lowest BCUT2D eigenvalue weighted by Gasteiger charge is -2.38. The van der Waals surface area contributed by atoms with E-state index in [1.165, 1.54) is 103 Å². The molecule has 2 aliphatic rings. The van der Waals surface area contributed by atoms with Gasteiger partial charge in [0.1, 0.15) is 0 Å². The van der Waals surface area contributed by atoms with Crippen LogP contribution in [-0.4, -0.2) is 22.2 Å². The van der Waals surface area contributed by atoms with E-state index in [4.69, 9.17) is 4.98 Å². The van der Waals surface area contributed by atoms with Crippen molar-refractivity contribution in [2.45, 2.75) is 102 Å². The molecule has 0 unspecified atom stereocenters. The van der Waals surface area contributed by atoms with Crippen molar-refractivity contribution in [3.8, 4) is 11.3 Å². The third kappa shape index (κ3) is 5.06. The van der Waals surface area contributed by atoms with Crippen LogP contribution in [0.4, 0.5) is 0 Å². The first-order valence-electron chi connectivity index (χ1n) is 14.5. The summed E-state index contributed by atoms with van der Waals surface area (Å²) >= 11 is 0. The number of pyridine rings is 1. The minimum absolute atomic E-state index is 0.721. The van der Waals surface area contributed by atoms with Crippen molar-refractivity contribution in [2.24, 2.45) is 0 Å². The first-order chi connectivity index (χ1) is 17.2. The molecule has 0 saturated heterocycles. The summed E-state index contributed by atoms with van der Waals surface area (Å²) in [7, 11) is -0.721. The highest BCUT2D eigenvalue weighted by Crippen LogP contribution is 2.55. The Morgan fingerprint density at radius 2 is 1.26 bits per heavy atom. The average Bonchev–Trinajstić information content (AvgIpc) is 2.94. The van der Waals surface area contributed by atoms with Crippen LogP contribution >= 0.6 is 10.0 Å². The molecule has 5 rings (SSSR count). The molecule has 0 spiro atoms. The molecule has 2 fully saturated rings. The Labute approximate surface area is 215 Å². The lowest BCUT2D eigenvalue weighted by molar-refractivity contribution is 0.435. The van der Waals surface area contributed by atoms with E-state index in [0.29, 0.717) is 0 Å². The van der Waals surface area contributed by atoms with Crippen molar-refractivity contribution in [2.75, 3.05) is 17.3 Å². The summed E-state index contributed by atoms with van der Waals surface area (Å²) in [5.74, 6) is 5.29. The van der Waals surface area contributed by atoms with Gasteiger partial charge in [-0.3, -0.25) is 4.98 Å². The first kappa shape index (κ1) is 24.9. The number of nitrogens with zero attached hydrogens (tertiary/aromatic N) is 1. The van der Waals surface area contributed by atoms with Gasteiger partial charge in [-0.15, -0.1) is 0 Å². The molecule has 2 aromatic carbocycles. The van der Waals surface area contributed by atoms with Gasteiger partial charge >= 0.3 is 0 Å². The summed E-state index contributed by atoms with van der Waals surface area (Å²) in [4.78, 5) is 6.59. The summed E-state index contributed by atoms with van der Waals surface area (Å²) in [6, 6.07) is 17.2. The topological polar surface area (TPSA) is 12.9 Å². The van der Waals surface area contributed by atoms with Crippen molar-refractivity contribution in [1.29, 1.82) is 0 Å². The molecule has 0 aliphatic heterocycles. The fraction of sp³-hybridized carbons (Fsp3) is 0.545. The van der Waals surface area contributed by atoms with Crippen molar-refractivity contribution in [1.82, 2.24) is 4.98 Å². The number of aromatic nitrogens is 1. The molecule has 0 N–H and O–H groups in total. The van der Waals surface area contributed by atoms with Gasteiger partial charge in [0.15, 0.2) is 0 Å². The monoisotopic (exact) mass is 487 g/mol. The zero-order chi connectivity index (χ0) is 24.3. The Morgan fingerprint density at radius 3 is 1.80 bits per heavy atom. The van der Waals surface area contributed by atoms with Gasteiger partial charge in [0, 0.05) is 17.1 Å². The first-order valence-corrected chi connectivity index (χ1v) is 16.6. The summed E-state index contributed by atoms with van der Waals surface area (Å²) < 4.78 is 0. The molecule has 2 heteroatoms. The van der Waals surface area contributed by atoms with E-state index >= 15 is 0 Å². The Kier molecular flexibility index (Phi) is 7.87. The van der Waals surface area contributed by atoms with Gasteiger partial charge in [-0.05, 0) is 107 Å². The Bertz CT molecular complexity index is 1090. The summed E-state index contributed by atoms with van der Waals surface area (Å²) in [6.07, 6.45) is 15.9. The van der Waals surface area contributed by atoms with Gasteiger partial charge in [-0.2, -0.15) is 0 Å². The molecule has 1 aromatic heterocycles. The number of rotatable bonds is 7. The van der Waals surface area contributed by atoms with Gasteiger partial charge in [0.05, 0.1) is 5.69 Å². The molecule has 0 amide bonds. The fourth-order valence-corrected chi connectivity index (χ4v) is 9.88. The molecule has 1 heterocycles. The second-order valence-corrected chi connectivity index (χ2v) is 15.3. The van der Waals surface area contributed by atoms with Gasteiger partial charge < -0.3 is 0 Å². The van der Waals surface area contributed by atoms with Crippen LogP contribution in [0, 0.1) is 0 Å². The van der Waals surface area contributed by atoms with Crippen molar-refractivity contribution in [3.63, 3.8) is 0 Å². The van der Waals surface area contributed by atoms with E-state index in [0.717, 1.165) is 11.8 Å². The van der Waals surface area contributed by atoms with Gasteiger partial charge in [-0.1, -0.05) is 71.4 Å². The van der Waals surface area contributed by atoms with E-state index in [-0.39, 0.29) is 0 Å². The van der Waals surface area contributed by atoms with E-state index in [1.807, 2.05) is 0 Å². The predicted octanol–water partition coefficient (Wildman–Crippen LogP) is 10.2. The fourth-order valence-electron chi connectivity index (χ4n) is 6.92. The minimum Gasteiger partial charge on any atom is -0.256 e. The molecule has 2 aliphatic carbocycles. The smallest absolute Gasteiger partial charge is 0.0780 e. The van der Waals surface area contributed by atoms with E-state index in [9.17, 15) is 0 Å².